The average Bonchev–Trinajstić information content (AvgIpc) is 3.35. The normalized spacial score (nSPS) is 17.2. The number of hydrogen-bond acceptors (Lipinski definition) is 6. The van der Waals surface area contributed by atoms with E-state index in [1.165, 1.54) is 12.1 Å². The average molecular weight is 342 g/mol. The fourth-order valence-corrected chi connectivity index (χ4v) is 2.91. The minimum absolute atomic E-state index is 0.0358. The molecule has 3 aromatic rings. The first kappa shape index (κ1) is 15.5. The fraction of sp³-hybridized carbons (Fsp3) is 0.294. The molecule has 1 aliphatic rings. The summed E-state index contributed by atoms with van der Waals surface area (Å²) in [6, 6.07) is 7.38. The molecule has 0 aliphatic carbocycles. The lowest BCUT2D eigenvalue weighted by atomic mass is 10.1. The number of hydrogen-bond donors (Lipinski definition) is 0. The summed E-state index contributed by atoms with van der Waals surface area (Å²) in [5.74, 6) is 1.05. The highest BCUT2D eigenvalue weighted by Gasteiger charge is 2.32. The van der Waals surface area contributed by atoms with E-state index in [-0.39, 0.29) is 23.3 Å². The quantitative estimate of drug-likeness (QED) is 0.727. The summed E-state index contributed by atoms with van der Waals surface area (Å²) in [7, 11) is 0. The van der Waals surface area contributed by atoms with Crippen LogP contribution in [0.1, 0.15) is 34.5 Å². The van der Waals surface area contributed by atoms with Gasteiger partial charge in [0.2, 0.25) is 5.89 Å². The monoisotopic (exact) mass is 342 g/mol. The molecule has 2 aromatic heterocycles. The molecule has 0 saturated carbocycles. The maximum atomic E-state index is 13.0. The van der Waals surface area contributed by atoms with Crippen molar-refractivity contribution in [2.45, 2.75) is 19.3 Å². The predicted molar refractivity (Wildman–Crippen MR) is 84.2 cm³/mol. The molecule has 4 rings (SSSR count). The Hall–Kier alpha value is -3.03. The zero-order valence-electron chi connectivity index (χ0n) is 13.5. The third-order valence-electron chi connectivity index (χ3n) is 4.23. The van der Waals surface area contributed by atoms with Crippen molar-refractivity contribution in [3.05, 3.63) is 53.6 Å². The fourth-order valence-electron chi connectivity index (χ4n) is 2.91. The van der Waals surface area contributed by atoms with Crippen LogP contribution in [0.5, 0.6) is 0 Å². The van der Waals surface area contributed by atoms with Crippen LogP contribution in [-0.4, -0.2) is 39.2 Å². The maximum Gasteiger partial charge on any atom is 0.276 e. The molecule has 0 bridgehead atoms. The predicted octanol–water partition coefficient (Wildman–Crippen LogP) is 2.80. The molecule has 0 radical (unpaired) electrons. The van der Waals surface area contributed by atoms with Gasteiger partial charge < -0.3 is 13.9 Å². The van der Waals surface area contributed by atoms with Crippen LogP contribution < -0.4 is 0 Å². The summed E-state index contributed by atoms with van der Waals surface area (Å²) >= 11 is 0. The van der Waals surface area contributed by atoms with E-state index >= 15 is 0 Å². The van der Waals surface area contributed by atoms with Gasteiger partial charge in [0.15, 0.2) is 17.3 Å². The largest absolute Gasteiger partial charge is 0.355 e. The molecule has 7 nitrogen and oxygen atoms in total. The standard InChI is InChI=1S/C17H15FN4O3/c1-10-19-16(25-20-10)12-6-7-22(9-12)17(23)14-8-15(24-21-14)11-2-4-13(18)5-3-11/h2-5,8,12H,6-7,9H2,1H3. The molecule has 0 spiro atoms. The van der Waals surface area contributed by atoms with E-state index in [2.05, 4.69) is 15.3 Å². The molecular weight excluding hydrogens is 327 g/mol. The van der Waals surface area contributed by atoms with Crippen LogP contribution in [0.25, 0.3) is 11.3 Å². The summed E-state index contributed by atoms with van der Waals surface area (Å²) < 4.78 is 23.4. The number of aromatic nitrogens is 3. The van der Waals surface area contributed by atoms with E-state index in [1.807, 2.05) is 0 Å². The number of nitrogens with zero attached hydrogens (tertiary/aromatic N) is 4. The number of aryl methyl sites for hydroxylation is 1. The highest BCUT2D eigenvalue weighted by Crippen LogP contribution is 2.28. The van der Waals surface area contributed by atoms with Gasteiger partial charge in [0.05, 0.1) is 5.92 Å². The van der Waals surface area contributed by atoms with Crippen molar-refractivity contribution in [1.29, 1.82) is 0 Å². The van der Waals surface area contributed by atoms with Gasteiger partial charge in [-0.2, -0.15) is 4.98 Å². The van der Waals surface area contributed by atoms with E-state index in [9.17, 15) is 9.18 Å². The van der Waals surface area contributed by atoms with Gasteiger partial charge in [-0.3, -0.25) is 4.79 Å². The van der Waals surface area contributed by atoms with E-state index in [0.717, 1.165) is 6.42 Å². The van der Waals surface area contributed by atoms with Crippen LogP contribution in [0.3, 0.4) is 0 Å². The molecular formula is C17H15FN4O3. The topological polar surface area (TPSA) is 85.3 Å². The molecule has 1 aliphatic heterocycles. The molecule has 0 N–H and O–H groups in total. The Morgan fingerprint density at radius 2 is 2.04 bits per heavy atom. The van der Waals surface area contributed by atoms with Gasteiger partial charge in [0, 0.05) is 24.7 Å². The van der Waals surface area contributed by atoms with Crippen LogP contribution in [-0.2, 0) is 0 Å². The van der Waals surface area contributed by atoms with Gasteiger partial charge in [-0.15, -0.1) is 0 Å². The molecule has 1 saturated heterocycles. The van der Waals surface area contributed by atoms with E-state index in [1.54, 1.807) is 30.0 Å². The lowest BCUT2D eigenvalue weighted by molar-refractivity contribution is 0.0779. The first-order valence-electron chi connectivity index (χ1n) is 7.92. The van der Waals surface area contributed by atoms with Crippen LogP contribution in [0.15, 0.2) is 39.4 Å². The number of carbonyl (C=O) groups is 1. The summed E-state index contributed by atoms with van der Waals surface area (Å²) in [5.41, 5.74) is 0.885. The Balaban J connectivity index is 1.47. The Morgan fingerprint density at radius 1 is 1.24 bits per heavy atom. The Kier molecular flexibility index (Phi) is 3.79. The molecule has 1 unspecified atom stereocenters. The molecule has 1 amide bonds. The highest BCUT2D eigenvalue weighted by molar-refractivity contribution is 5.93. The van der Waals surface area contributed by atoms with Gasteiger partial charge in [0.25, 0.3) is 5.91 Å². The number of rotatable bonds is 3. The number of carbonyl (C=O) groups excluding carboxylic acids is 1. The van der Waals surface area contributed by atoms with Crippen molar-refractivity contribution < 1.29 is 18.2 Å². The smallest absolute Gasteiger partial charge is 0.276 e. The van der Waals surface area contributed by atoms with Crippen LogP contribution in [0.4, 0.5) is 4.39 Å². The second-order valence-corrected chi connectivity index (χ2v) is 6.00. The van der Waals surface area contributed by atoms with Crippen molar-refractivity contribution in [1.82, 2.24) is 20.2 Å². The molecule has 1 aromatic carbocycles. The summed E-state index contributed by atoms with van der Waals surface area (Å²) in [5, 5.41) is 7.64. The Bertz CT molecular complexity index is 903. The molecule has 128 valence electrons. The highest BCUT2D eigenvalue weighted by atomic mass is 19.1. The first-order valence-corrected chi connectivity index (χ1v) is 7.92. The third-order valence-corrected chi connectivity index (χ3v) is 4.23. The Labute approximate surface area is 142 Å². The van der Waals surface area contributed by atoms with E-state index in [0.29, 0.717) is 36.1 Å². The van der Waals surface area contributed by atoms with Crippen molar-refractivity contribution in [2.75, 3.05) is 13.1 Å². The molecule has 1 atom stereocenters. The Morgan fingerprint density at radius 3 is 2.76 bits per heavy atom. The third kappa shape index (κ3) is 3.02. The second kappa shape index (κ2) is 6.12. The van der Waals surface area contributed by atoms with Crippen molar-refractivity contribution >= 4 is 5.91 Å². The van der Waals surface area contributed by atoms with Gasteiger partial charge in [-0.1, -0.05) is 10.3 Å². The van der Waals surface area contributed by atoms with Crippen LogP contribution in [0.2, 0.25) is 0 Å². The lowest BCUT2D eigenvalue weighted by Crippen LogP contribution is -2.28. The molecule has 3 heterocycles. The van der Waals surface area contributed by atoms with Crippen molar-refractivity contribution in [3.63, 3.8) is 0 Å². The zero-order chi connectivity index (χ0) is 17.4. The number of amides is 1. The first-order chi connectivity index (χ1) is 12.1. The van der Waals surface area contributed by atoms with Crippen LogP contribution >= 0.6 is 0 Å². The lowest BCUT2D eigenvalue weighted by Gasteiger charge is -2.13. The molecule has 25 heavy (non-hydrogen) atoms. The maximum absolute atomic E-state index is 13.0. The SMILES string of the molecule is Cc1noc(C2CCN(C(=O)c3cc(-c4ccc(F)cc4)on3)C2)n1. The summed E-state index contributed by atoms with van der Waals surface area (Å²) in [6.07, 6.45) is 0.760. The number of likely N-dealkylation sites (tertiary alicyclic amines) is 1. The van der Waals surface area contributed by atoms with Crippen molar-refractivity contribution in [3.8, 4) is 11.3 Å². The summed E-state index contributed by atoms with van der Waals surface area (Å²) in [4.78, 5) is 18.5. The number of halogens is 1. The van der Waals surface area contributed by atoms with Crippen LogP contribution in [0, 0.1) is 12.7 Å². The molecule has 8 heteroatoms. The van der Waals surface area contributed by atoms with Gasteiger partial charge in [0.1, 0.15) is 5.82 Å². The second-order valence-electron chi connectivity index (χ2n) is 6.00. The zero-order valence-corrected chi connectivity index (χ0v) is 13.5. The van der Waals surface area contributed by atoms with Gasteiger partial charge in [-0.05, 0) is 37.6 Å². The number of benzene rings is 1. The van der Waals surface area contributed by atoms with E-state index in [4.69, 9.17) is 9.05 Å². The van der Waals surface area contributed by atoms with Crippen molar-refractivity contribution in [2.24, 2.45) is 0 Å². The van der Waals surface area contributed by atoms with Gasteiger partial charge in [-0.25, -0.2) is 4.39 Å². The van der Waals surface area contributed by atoms with E-state index < -0.39 is 0 Å². The molecule has 1 fully saturated rings. The minimum Gasteiger partial charge on any atom is -0.355 e. The van der Waals surface area contributed by atoms with Gasteiger partial charge >= 0.3 is 0 Å². The minimum atomic E-state index is -0.334. The summed E-state index contributed by atoms with van der Waals surface area (Å²) in [6.45, 7) is 2.85.